The van der Waals surface area contributed by atoms with Crippen LogP contribution in [-0.4, -0.2) is 24.4 Å². The Balaban J connectivity index is 2.57. The Labute approximate surface area is 104 Å². The smallest absolute Gasteiger partial charge is 0.122 e. The van der Waals surface area contributed by atoms with Crippen LogP contribution in [0.5, 0.6) is 5.75 Å². The molecule has 17 heavy (non-hydrogen) atoms. The lowest BCUT2D eigenvalue weighted by Gasteiger charge is -2.14. The topological polar surface area (TPSA) is 55.5 Å². The molecule has 0 amide bonds. The van der Waals surface area contributed by atoms with Gasteiger partial charge in [0, 0.05) is 6.54 Å². The third-order valence-electron chi connectivity index (χ3n) is 2.56. The zero-order chi connectivity index (χ0) is 12.7. The molecule has 0 bridgehead atoms. The number of benzene rings is 1. The van der Waals surface area contributed by atoms with Crippen molar-refractivity contribution in [2.45, 2.75) is 32.8 Å². The first-order valence-corrected chi connectivity index (χ1v) is 6.22. The molecule has 1 atom stereocenters. The quantitative estimate of drug-likeness (QED) is 0.762. The van der Waals surface area contributed by atoms with E-state index in [4.69, 9.17) is 10.5 Å². The number of hydrogen-bond donors (Lipinski definition) is 2. The number of para-hydroxylation sites is 1. The molecule has 0 aliphatic carbocycles. The van der Waals surface area contributed by atoms with Gasteiger partial charge in [0.2, 0.25) is 0 Å². The van der Waals surface area contributed by atoms with E-state index in [0.29, 0.717) is 18.9 Å². The Morgan fingerprint density at radius 1 is 1.29 bits per heavy atom. The van der Waals surface area contributed by atoms with E-state index >= 15 is 0 Å². The van der Waals surface area contributed by atoms with Gasteiger partial charge in [-0.2, -0.15) is 0 Å². The summed E-state index contributed by atoms with van der Waals surface area (Å²) in [6, 6.07) is 7.98. The molecule has 0 radical (unpaired) electrons. The van der Waals surface area contributed by atoms with Crippen molar-refractivity contribution < 1.29 is 9.84 Å². The summed E-state index contributed by atoms with van der Waals surface area (Å²) in [6.07, 6.45) is 1.05. The van der Waals surface area contributed by atoms with Crippen LogP contribution in [0, 0.1) is 5.92 Å². The number of hydrogen-bond acceptors (Lipinski definition) is 3. The van der Waals surface area contributed by atoms with Crippen LogP contribution in [0.25, 0.3) is 0 Å². The highest BCUT2D eigenvalue weighted by Gasteiger charge is 2.07. The molecule has 0 saturated carbocycles. The fourth-order valence-electron chi connectivity index (χ4n) is 1.55. The minimum absolute atomic E-state index is 0.315. The number of aliphatic hydroxyl groups excluding tert-OH is 1. The Bertz CT molecular complexity index is 326. The minimum atomic E-state index is -0.423. The standard InChI is InChI=1S/C14H23NO2/c1-11(2)10-17-14-6-4-3-5-12(14)7-8-13(16)9-15/h3-6,11,13,16H,7-10,15H2,1-2H3. The van der Waals surface area contributed by atoms with Gasteiger partial charge in [-0.1, -0.05) is 32.0 Å². The summed E-state index contributed by atoms with van der Waals surface area (Å²) in [5.41, 5.74) is 6.53. The summed E-state index contributed by atoms with van der Waals surface area (Å²) in [4.78, 5) is 0. The molecule has 96 valence electrons. The maximum atomic E-state index is 9.46. The first-order chi connectivity index (χ1) is 8.13. The molecule has 0 fully saturated rings. The predicted molar refractivity (Wildman–Crippen MR) is 70.2 cm³/mol. The monoisotopic (exact) mass is 237 g/mol. The average Bonchev–Trinajstić information content (AvgIpc) is 2.34. The largest absolute Gasteiger partial charge is 0.493 e. The van der Waals surface area contributed by atoms with E-state index in [2.05, 4.69) is 13.8 Å². The summed E-state index contributed by atoms with van der Waals surface area (Å²) in [5.74, 6) is 1.43. The van der Waals surface area contributed by atoms with Crippen molar-refractivity contribution in [1.82, 2.24) is 0 Å². The fourth-order valence-corrected chi connectivity index (χ4v) is 1.55. The molecule has 1 rings (SSSR count). The van der Waals surface area contributed by atoms with Gasteiger partial charge in [0.05, 0.1) is 12.7 Å². The van der Waals surface area contributed by atoms with Crippen LogP contribution in [0.15, 0.2) is 24.3 Å². The molecule has 0 spiro atoms. The van der Waals surface area contributed by atoms with Crippen molar-refractivity contribution in [2.24, 2.45) is 11.7 Å². The summed E-state index contributed by atoms with van der Waals surface area (Å²) < 4.78 is 5.75. The van der Waals surface area contributed by atoms with E-state index in [0.717, 1.165) is 24.3 Å². The molecule has 0 aliphatic rings. The Morgan fingerprint density at radius 2 is 2.00 bits per heavy atom. The molecular formula is C14H23NO2. The molecule has 0 aliphatic heterocycles. The third-order valence-corrected chi connectivity index (χ3v) is 2.56. The van der Waals surface area contributed by atoms with Gasteiger partial charge in [-0.15, -0.1) is 0 Å². The first kappa shape index (κ1) is 14.0. The number of aliphatic hydroxyl groups is 1. The van der Waals surface area contributed by atoms with E-state index in [1.165, 1.54) is 0 Å². The molecule has 1 aromatic carbocycles. The first-order valence-electron chi connectivity index (χ1n) is 6.22. The lowest BCUT2D eigenvalue weighted by Crippen LogP contribution is -2.20. The van der Waals surface area contributed by atoms with Crippen LogP contribution in [-0.2, 0) is 6.42 Å². The summed E-state index contributed by atoms with van der Waals surface area (Å²) in [7, 11) is 0. The van der Waals surface area contributed by atoms with Crippen LogP contribution in [0.2, 0.25) is 0 Å². The van der Waals surface area contributed by atoms with E-state index in [1.807, 2.05) is 24.3 Å². The molecular weight excluding hydrogens is 214 g/mol. The third kappa shape index (κ3) is 5.20. The molecule has 0 aromatic heterocycles. The van der Waals surface area contributed by atoms with Crippen molar-refractivity contribution in [3.63, 3.8) is 0 Å². The zero-order valence-corrected chi connectivity index (χ0v) is 10.7. The summed E-state index contributed by atoms with van der Waals surface area (Å²) in [6.45, 7) is 5.28. The molecule has 1 aromatic rings. The SMILES string of the molecule is CC(C)COc1ccccc1CCC(O)CN. The van der Waals surface area contributed by atoms with Gasteiger partial charge in [0.25, 0.3) is 0 Å². The van der Waals surface area contributed by atoms with Gasteiger partial charge in [-0.05, 0) is 30.4 Å². The van der Waals surface area contributed by atoms with Crippen molar-refractivity contribution in [3.8, 4) is 5.75 Å². The van der Waals surface area contributed by atoms with E-state index in [9.17, 15) is 5.11 Å². The molecule has 3 N–H and O–H groups in total. The van der Waals surface area contributed by atoms with Crippen molar-refractivity contribution in [2.75, 3.05) is 13.2 Å². The highest BCUT2D eigenvalue weighted by atomic mass is 16.5. The van der Waals surface area contributed by atoms with Gasteiger partial charge in [-0.25, -0.2) is 0 Å². The van der Waals surface area contributed by atoms with E-state index in [-0.39, 0.29) is 0 Å². The van der Waals surface area contributed by atoms with Gasteiger partial charge >= 0.3 is 0 Å². The summed E-state index contributed by atoms with van der Waals surface area (Å²) >= 11 is 0. The molecule has 3 nitrogen and oxygen atoms in total. The maximum absolute atomic E-state index is 9.46. The van der Waals surface area contributed by atoms with E-state index in [1.54, 1.807) is 0 Å². The second kappa shape index (κ2) is 7.30. The Kier molecular flexibility index (Phi) is 6.01. The Hall–Kier alpha value is -1.06. The lowest BCUT2D eigenvalue weighted by atomic mass is 10.1. The van der Waals surface area contributed by atoms with Crippen molar-refractivity contribution >= 4 is 0 Å². The zero-order valence-electron chi connectivity index (χ0n) is 10.7. The van der Waals surface area contributed by atoms with E-state index < -0.39 is 6.10 Å². The second-order valence-electron chi connectivity index (χ2n) is 4.74. The second-order valence-corrected chi connectivity index (χ2v) is 4.74. The maximum Gasteiger partial charge on any atom is 0.122 e. The molecule has 0 saturated heterocycles. The summed E-state index contributed by atoms with van der Waals surface area (Å²) in [5, 5.41) is 9.46. The van der Waals surface area contributed by atoms with Crippen LogP contribution < -0.4 is 10.5 Å². The van der Waals surface area contributed by atoms with Crippen molar-refractivity contribution in [1.29, 1.82) is 0 Å². The number of nitrogens with two attached hydrogens (primary N) is 1. The van der Waals surface area contributed by atoms with Crippen LogP contribution in [0.1, 0.15) is 25.8 Å². The fraction of sp³-hybridized carbons (Fsp3) is 0.571. The lowest BCUT2D eigenvalue weighted by molar-refractivity contribution is 0.172. The average molecular weight is 237 g/mol. The van der Waals surface area contributed by atoms with Gasteiger partial charge < -0.3 is 15.6 Å². The number of ether oxygens (including phenoxy) is 1. The normalized spacial score (nSPS) is 12.8. The minimum Gasteiger partial charge on any atom is -0.493 e. The van der Waals surface area contributed by atoms with Crippen molar-refractivity contribution in [3.05, 3.63) is 29.8 Å². The highest BCUT2D eigenvalue weighted by Crippen LogP contribution is 2.20. The van der Waals surface area contributed by atoms with Crippen LogP contribution in [0.3, 0.4) is 0 Å². The van der Waals surface area contributed by atoms with Gasteiger partial charge in [-0.3, -0.25) is 0 Å². The molecule has 3 heteroatoms. The van der Waals surface area contributed by atoms with Crippen LogP contribution >= 0.6 is 0 Å². The predicted octanol–water partition coefficient (Wildman–Crippen LogP) is 1.97. The van der Waals surface area contributed by atoms with Gasteiger partial charge in [0.15, 0.2) is 0 Å². The van der Waals surface area contributed by atoms with Gasteiger partial charge in [0.1, 0.15) is 5.75 Å². The van der Waals surface area contributed by atoms with Crippen LogP contribution in [0.4, 0.5) is 0 Å². The molecule has 0 heterocycles. The highest BCUT2D eigenvalue weighted by molar-refractivity contribution is 5.33. The molecule has 1 unspecified atom stereocenters. The Morgan fingerprint density at radius 3 is 2.65 bits per heavy atom. The number of aryl methyl sites for hydroxylation is 1. The number of rotatable bonds is 7.